The maximum atomic E-state index is 12.7. The number of aromatic nitrogens is 2. The van der Waals surface area contributed by atoms with E-state index in [1.165, 1.54) is 6.07 Å². The minimum atomic E-state index is -2.60. The maximum absolute atomic E-state index is 12.7. The van der Waals surface area contributed by atoms with E-state index < -0.39 is 12.0 Å². The zero-order valence-electron chi connectivity index (χ0n) is 9.75. The third-order valence-corrected chi connectivity index (χ3v) is 4.04. The van der Waals surface area contributed by atoms with Crippen LogP contribution in [0, 0.1) is 6.92 Å². The van der Waals surface area contributed by atoms with Crippen molar-refractivity contribution in [1.29, 1.82) is 0 Å². The van der Waals surface area contributed by atoms with Crippen LogP contribution in [0.2, 0.25) is 0 Å². The summed E-state index contributed by atoms with van der Waals surface area (Å²) >= 11 is 1.13. The van der Waals surface area contributed by atoms with Crippen molar-refractivity contribution in [2.75, 3.05) is 0 Å². The van der Waals surface area contributed by atoms with E-state index in [0.717, 1.165) is 17.4 Å². The van der Waals surface area contributed by atoms with Crippen molar-refractivity contribution >= 4 is 31.8 Å². The van der Waals surface area contributed by atoms with Gasteiger partial charge >= 0.3 is 6.43 Å². The number of nitrogens with one attached hydrogen (secondary N) is 2. The van der Waals surface area contributed by atoms with Crippen molar-refractivity contribution in [2.45, 2.75) is 13.3 Å². The Hall–Kier alpha value is -2.02. The molecule has 0 aromatic carbocycles. The van der Waals surface area contributed by atoms with Crippen molar-refractivity contribution in [1.82, 2.24) is 4.98 Å². The summed E-state index contributed by atoms with van der Waals surface area (Å²) in [6.07, 6.45) is -2.60. The Morgan fingerprint density at radius 2 is 2.16 bits per heavy atom. The predicted octanol–water partition coefficient (Wildman–Crippen LogP) is 2.51. The Labute approximate surface area is 109 Å². The van der Waals surface area contributed by atoms with Gasteiger partial charge in [0.25, 0.3) is 10.4 Å². The fourth-order valence-electron chi connectivity index (χ4n) is 2.13. The third kappa shape index (κ3) is 1.77. The molecule has 98 valence electrons. The van der Waals surface area contributed by atoms with Crippen LogP contribution in [-0.2, 0) is 0 Å². The van der Waals surface area contributed by atoms with Crippen LogP contribution >= 0.6 is 11.3 Å². The lowest BCUT2D eigenvalue weighted by molar-refractivity contribution is -0.368. The molecule has 0 amide bonds. The molecule has 0 bridgehead atoms. The van der Waals surface area contributed by atoms with Gasteiger partial charge in [-0.25, -0.2) is 0 Å². The van der Waals surface area contributed by atoms with Crippen molar-refractivity contribution < 1.29 is 18.9 Å². The topological polar surface area (TPSA) is 67.2 Å². The molecule has 7 heteroatoms. The number of H-pyrrole nitrogens is 2. The molecule has 3 aromatic rings. The van der Waals surface area contributed by atoms with Gasteiger partial charge in [0.1, 0.15) is 5.75 Å². The molecule has 0 saturated heterocycles. The van der Waals surface area contributed by atoms with E-state index in [0.29, 0.717) is 26.0 Å². The Kier molecular flexibility index (Phi) is 2.53. The quantitative estimate of drug-likeness (QED) is 0.720. The number of hydrogen-bond acceptors (Lipinski definition) is 3. The van der Waals surface area contributed by atoms with Gasteiger partial charge in [0, 0.05) is 12.1 Å². The molecule has 3 N–H and O–H groups in total. The summed E-state index contributed by atoms with van der Waals surface area (Å²) < 4.78 is 26.0. The largest absolute Gasteiger partial charge is 0.506 e. The van der Waals surface area contributed by atoms with Gasteiger partial charge in [-0.15, -0.1) is 0 Å². The molecule has 0 spiro atoms. The number of rotatable bonds is 1. The molecular weight excluding hydrogens is 274 g/mol. The van der Waals surface area contributed by atoms with Gasteiger partial charge in [-0.3, -0.25) is 4.79 Å². The number of halogens is 2. The number of aryl methyl sites for hydroxylation is 1. The number of alkyl halides is 2. The summed E-state index contributed by atoms with van der Waals surface area (Å²) in [6.45, 7) is 1.69. The van der Waals surface area contributed by atoms with E-state index in [1.807, 2.05) is 0 Å². The summed E-state index contributed by atoms with van der Waals surface area (Å²) in [5, 5.41) is 10.4. The lowest BCUT2D eigenvalue weighted by Gasteiger charge is -1.97. The second-order valence-corrected chi connectivity index (χ2v) is 5.26. The average Bonchev–Trinajstić information content (AvgIpc) is 2.68. The molecule has 0 fully saturated rings. The Balaban J connectivity index is 2.51. The van der Waals surface area contributed by atoms with E-state index >= 15 is 0 Å². The van der Waals surface area contributed by atoms with Crippen LogP contribution in [0.1, 0.15) is 17.7 Å². The number of hydrogen-bond donors (Lipinski definition) is 2. The van der Waals surface area contributed by atoms with Crippen LogP contribution in [0.25, 0.3) is 20.4 Å². The molecule has 0 aliphatic heterocycles. The van der Waals surface area contributed by atoms with Crippen molar-refractivity contribution in [3.05, 3.63) is 33.7 Å². The van der Waals surface area contributed by atoms with E-state index in [2.05, 4.69) is 9.97 Å². The van der Waals surface area contributed by atoms with Crippen molar-refractivity contribution in [2.24, 2.45) is 0 Å². The lowest BCUT2D eigenvalue weighted by Crippen LogP contribution is -2.12. The Morgan fingerprint density at radius 1 is 1.42 bits per heavy atom. The molecule has 0 saturated carbocycles. The van der Waals surface area contributed by atoms with Gasteiger partial charge in [0.2, 0.25) is 5.69 Å². The predicted molar refractivity (Wildman–Crippen MR) is 67.9 cm³/mol. The number of aromatic hydroxyl groups is 1. The van der Waals surface area contributed by atoms with Crippen LogP contribution < -0.4 is 10.5 Å². The SMILES string of the molecule is Cc1cc(C(F)F)[nH+]c2sc3c(O)cc(=O)[nH]c3c12. The summed E-state index contributed by atoms with van der Waals surface area (Å²) in [5.74, 6) is -0.147. The minimum absolute atomic E-state index is 0.147. The fourth-order valence-corrected chi connectivity index (χ4v) is 3.29. The fraction of sp³-hybridized carbons (Fsp3) is 0.167. The molecule has 0 unspecified atom stereocenters. The number of fused-ring (bicyclic) bond motifs is 3. The number of aromatic amines is 2. The van der Waals surface area contributed by atoms with Crippen LogP contribution in [0.5, 0.6) is 5.75 Å². The van der Waals surface area contributed by atoms with Crippen LogP contribution in [-0.4, -0.2) is 10.1 Å². The molecule has 3 aromatic heterocycles. The number of thiophene rings is 1. The highest BCUT2D eigenvalue weighted by Gasteiger charge is 2.22. The summed E-state index contributed by atoms with van der Waals surface area (Å²) in [7, 11) is 0. The van der Waals surface area contributed by atoms with Gasteiger partial charge in [0.15, 0.2) is 0 Å². The van der Waals surface area contributed by atoms with E-state index in [4.69, 9.17) is 0 Å². The Morgan fingerprint density at radius 3 is 2.84 bits per heavy atom. The first-order valence-corrected chi connectivity index (χ1v) is 6.28. The summed E-state index contributed by atoms with van der Waals surface area (Å²) in [5.41, 5.74) is 0.483. The van der Waals surface area contributed by atoms with Crippen molar-refractivity contribution in [3.8, 4) is 5.75 Å². The Bertz CT molecular complexity index is 854. The molecule has 0 aliphatic rings. The zero-order chi connectivity index (χ0) is 13.7. The molecule has 19 heavy (non-hydrogen) atoms. The highest BCUT2D eigenvalue weighted by atomic mass is 32.1. The zero-order valence-corrected chi connectivity index (χ0v) is 10.6. The van der Waals surface area contributed by atoms with E-state index in [9.17, 15) is 18.7 Å². The smallest absolute Gasteiger partial charge is 0.320 e. The summed E-state index contributed by atoms with van der Waals surface area (Å²) in [6, 6.07) is 2.42. The standard InChI is InChI=1S/C12H8F2N2O2S/c1-4-2-5(11(13)14)15-12-8(4)9-10(19-12)6(17)3-7(18)16-9/h2-3,11H,1H3,(H2,16,17,18)/p+1. The van der Waals surface area contributed by atoms with E-state index in [-0.39, 0.29) is 11.4 Å². The normalized spacial score (nSPS) is 11.8. The van der Waals surface area contributed by atoms with Gasteiger partial charge in [-0.2, -0.15) is 13.8 Å². The molecule has 3 heterocycles. The maximum Gasteiger partial charge on any atom is 0.320 e. The minimum Gasteiger partial charge on any atom is -0.506 e. The second-order valence-electron chi connectivity index (χ2n) is 4.24. The van der Waals surface area contributed by atoms with Gasteiger partial charge in [0.05, 0.1) is 15.6 Å². The highest BCUT2D eigenvalue weighted by Crippen LogP contribution is 2.36. The van der Waals surface area contributed by atoms with Gasteiger partial charge in [-0.05, 0) is 12.5 Å². The third-order valence-electron chi connectivity index (χ3n) is 2.92. The molecular formula is C12H9F2N2O2S+. The second kappa shape index (κ2) is 3.99. The van der Waals surface area contributed by atoms with Crippen LogP contribution in [0.3, 0.4) is 0 Å². The van der Waals surface area contributed by atoms with E-state index in [1.54, 1.807) is 6.92 Å². The highest BCUT2D eigenvalue weighted by molar-refractivity contribution is 7.25. The van der Waals surface area contributed by atoms with Crippen LogP contribution in [0.4, 0.5) is 8.78 Å². The van der Waals surface area contributed by atoms with Crippen LogP contribution in [0.15, 0.2) is 16.9 Å². The molecule has 3 rings (SSSR count). The van der Waals surface area contributed by atoms with Gasteiger partial charge < -0.3 is 10.1 Å². The molecule has 0 radical (unpaired) electrons. The van der Waals surface area contributed by atoms with Crippen molar-refractivity contribution in [3.63, 3.8) is 0 Å². The summed E-state index contributed by atoms with van der Waals surface area (Å²) in [4.78, 5) is 17.2. The molecule has 0 aliphatic carbocycles. The first-order valence-electron chi connectivity index (χ1n) is 5.47. The molecule has 4 nitrogen and oxygen atoms in total. The van der Waals surface area contributed by atoms with Gasteiger partial charge in [-0.1, -0.05) is 11.3 Å². The number of pyridine rings is 2. The monoisotopic (exact) mass is 283 g/mol. The lowest BCUT2D eigenvalue weighted by atomic mass is 10.1. The first-order chi connectivity index (χ1) is 8.97. The first kappa shape index (κ1) is 12.0. The average molecular weight is 283 g/mol. The molecule has 0 atom stereocenters.